The highest BCUT2D eigenvalue weighted by molar-refractivity contribution is 5.73. The van der Waals surface area contributed by atoms with Gasteiger partial charge in [0.05, 0.1) is 5.54 Å². The molecule has 1 aliphatic rings. The number of hydrogen-bond acceptors (Lipinski definition) is 1. The summed E-state index contributed by atoms with van der Waals surface area (Å²) in [5.74, 6) is 0. The molecule has 2 aromatic carbocycles. The monoisotopic (exact) mass is 399 g/mol. The zero-order valence-corrected chi connectivity index (χ0v) is 17.1. The van der Waals surface area contributed by atoms with Gasteiger partial charge in [-0.2, -0.15) is 8.78 Å². The minimum Gasteiger partial charge on any atom is -0.465 e. The molecule has 1 N–H and O–H groups in total. The van der Waals surface area contributed by atoms with E-state index in [1.54, 1.807) is 12.1 Å². The predicted molar refractivity (Wildman–Crippen MR) is 112 cm³/mol. The van der Waals surface area contributed by atoms with Gasteiger partial charge >= 0.3 is 6.09 Å². The Hall–Kier alpha value is -2.69. The largest absolute Gasteiger partial charge is 0.465 e. The molecular weight excluding hydrogens is 372 g/mol. The standard InChI is InChI=1S/C24H27F2NO2/c1-23(2,3)24(14-7-15-27(24)22(28)29)16-20(21(25)26)19-12-10-18(11-13-19)17-8-5-4-6-9-17/h4-6,8-13H,7,14-16H2,1-3H3,(H,28,29)/t24-/m1/s1. The molecule has 5 heteroatoms. The molecule has 1 amide bonds. The van der Waals surface area contributed by atoms with E-state index < -0.39 is 23.1 Å². The van der Waals surface area contributed by atoms with Crippen LogP contribution >= 0.6 is 0 Å². The van der Waals surface area contributed by atoms with Gasteiger partial charge in [0.15, 0.2) is 0 Å². The number of nitrogens with zero attached hydrogens (tertiary/aromatic N) is 1. The lowest BCUT2D eigenvalue weighted by Gasteiger charge is -2.47. The van der Waals surface area contributed by atoms with Crippen molar-refractivity contribution in [2.24, 2.45) is 5.41 Å². The van der Waals surface area contributed by atoms with Crippen LogP contribution in [0.25, 0.3) is 16.7 Å². The maximum atomic E-state index is 14.1. The fraction of sp³-hybridized carbons (Fsp3) is 0.375. The molecule has 0 unspecified atom stereocenters. The highest BCUT2D eigenvalue weighted by atomic mass is 19.3. The molecule has 0 bridgehead atoms. The van der Waals surface area contributed by atoms with E-state index in [-0.39, 0.29) is 12.0 Å². The molecule has 1 heterocycles. The molecule has 0 spiro atoms. The molecule has 1 saturated heterocycles. The zero-order chi connectivity index (χ0) is 21.2. The second kappa shape index (κ2) is 7.97. The number of carbonyl (C=O) groups is 1. The van der Waals surface area contributed by atoms with Gasteiger partial charge in [0.2, 0.25) is 0 Å². The van der Waals surface area contributed by atoms with Gasteiger partial charge in [0.1, 0.15) is 0 Å². The Labute approximate surface area is 170 Å². The predicted octanol–water partition coefficient (Wildman–Crippen LogP) is 6.91. The van der Waals surface area contributed by atoms with Crippen molar-refractivity contribution in [1.29, 1.82) is 0 Å². The van der Waals surface area contributed by atoms with Crippen LogP contribution in [0, 0.1) is 5.41 Å². The normalized spacial score (nSPS) is 19.3. The van der Waals surface area contributed by atoms with Crippen LogP contribution in [0.1, 0.15) is 45.6 Å². The van der Waals surface area contributed by atoms with Crippen molar-refractivity contribution in [2.45, 2.75) is 45.6 Å². The summed E-state index contributed by atoms with van der Waals surface area (Å²) in [5, 5.41) is 9.72. The molecule has 1 fully saturated rings. The molecule has 0 aromatic heterocycles. The van der Waals surface area contributed by atoms with Crippen LogP contribution in [0.4, 0.5) is 13.6 Å². The number of carboxylic acid groups (broad SMARTS) is 1. The molecule has 154 valence electrons. The van der Waals surface area contributed by atoms with Gasteiger partial charge in [0, 0.05) is 18.5 Å². The smallest absolute Gasteiger partial charge is 0.407 e. The van der Waals surface area contributed by atoms with Crippen molar-refractivity contribution in [2.75, 3.05) is 6.54 Å². The van der Waals surface area contributed by atoms with E-state index in [0.29, 0.717) is 24.9 Å². The average Bonchev–Trinajstić information content (AvgIpc) is 3.12. The lowest BCUT2D eigenvalue weighted by molar-refractivity contribution is 0.0338. The van der Waals surface area contributed by atoms with E-state index in [1.165, 1.54) is 4.90 Å². The fourth-order valence-corrected chi connectivity index (χ4v) is 4.45. The quantitative estimate of drug-likeness (QED) is 0.607. The third-order valence-electron chi connectivity index (χ3n) is 6.15. The van der Waals surface area contributed by atoms with E-state index in [1.807, 2.05) is 63.2 Å². The van der Waals surface area contributed by atoms with Crippen LogP contribution in [-0.2, 0) is 0 Å². The molecule has 2 aromatic rings. The highest BCUT2D eigenvalue weighted by Crippen LogP contribution is 2.49. The highest BCUT2D eigenvalue weighted by Gasteiger charge is 2.52. The first kappa shape index (κ1) is 21.0. The van der Waals surface area contributed by atoms with E-state index in [9.17, 15) is 18.7 Å². The first-order valence-electron chi connectivity index (χ1n) is 9.86. The first-order chi connectivity index (χ1) is 13.7. The van der Waals surface area contributed by atoms with Crippen LogP contribution in [0.3, 0.4) is 0 Å². The molecule has 3 nitrogen and oxygen atoms in total. The minimum absolute atomic E-state index is 0.00415. The third kappa shape index (κ3) is 4.04. The average molecular weight is 399 g/mol. The molecule has 1 atom stereocenters. The van der Waals surface area contributed by atoms with Crippen LogP contribution in [0.5, 0.6) is 0 Å². The first-order valence-corrected chi connectivity index (χ1v) is 9.86. The van der Waals surface area contributed by atoms with Gasteiger partial charge in [-0.25, -0.2) is 4.79 Å². The molecule has 0 saturated carbocycles. The van der Waals surface area contributed by atoms with Gasteiger partial charge in [-0.1, -0.05) is 75.4 Å². The molecule has 1 aliphatic heterocycles. The van der Waals surface area contributed by atoms with Crippen molar-refractivity contribution in [3.63, 3.8) is 0 Å². The second-order valence-corrected chi connectivity index (χ2v) is 8.68. The summed E-state index contributed by atoms with van der Waals surface area (Å²) in [6.07, 6.45) is -1.55. The van der Waals surface area contributed by atoms with Gasteiger partial charge in [-0.3, -0.25) is 0 Å². The summed E-state index contributed by atoms with van der Waals surface area (Å²) in [4.78, 5) is 13.2. The number of hydrogen-bond donors (Lipinski definition) is 1. The number of rotatable bonds is 4. The Balaban J connectivity index is 1.98. The van der Waals surface area contributed by atoms with Gasteiger partial charge in [0.25, 0.3) is 6.08 Å². The Morgan fingerprint density at radius 1 is 1.03 bits per heavy atom. The lowest BCUT2D eigenvalue weighted by Crippen LogP contribution is -2.55. The van der Waals surface area contributed by atoms with Crippen LogP contribution in [0.15, 0.2) is 60.7 Å². The summed E-state index contributed by atoms with van der Waals surface area (Å²) in [5.41, 5.74) is 0.983. The Kier molecular flexibility index (Phi) is 5.78. The van der Waals surface area contributed by atoms with Crippen molar-refractivity contribution < 1.29 is 18.7 Å². The third-order valence-corrected chi connectivity index (χ3v) is 6.15. The van der Waals surface area contributed by atoms with E-state index in [4.69, 9.17) is 0 Å². The number of likely N-dealkylation sites (tertiary alicyclic amines) is 1. The SMILES string of the molecule is CC(C)(C)[C@]1(CC(=C(F)F)c2ccc(-c3ccccc3)cc2)CCCN1C(=O)O. The summed E-state index contributed by atoms with van der Waals surface area (Å²) in [6, 6.07) is 16.8. The second-order valence-electron chi connectivity index (χ2n) is 8.68. The number of halogens is 2. The van der Waals surface area contributed by atoms with Gasteiger partial charge in [-0.05, 0) is 34.9 Å². The van der Waals surface area contributed by atoms with Crippen molar-refractivity contribution in [1.82, 2.24) is 4.90 Å². The molecule has 3 rings (SSSR count). The summed E-state index contributed by atoms with van der Waals surface area (Å²) in [6.45, 7) is 6.17. The minimum atomic E-state index is -1.75. The van der Waals surface area contributed by atoms with E-state index in [0.717, 1.165) is 11.1 Å². The van der Waals surface area contributed by atoms with Crippen molar-refractivity contribution in [3.05, 3.63) is 66.2 Å². The van der Waals surface area contributed by atoms with Crippen LogP contribution in [0.2, 0.25) is 0 Å². The van der Waals surface area contributed by atoms with Crippen LogP contribution in [-0.4, -0.2) is 28.2 Å². The maximum absolute atomic E-state index is 14.1. The number of benzene rings is 2. The Morgan fingerprint density at radius 2 is 1.62 bits per heavy atom. The maximum Gasteiger partial charge on any atom is 0.407 e. The van der Waals surface area contributed by atoms with Crippen molar-refractivity contribution in [3.8, 4) is 11.1 Å². The Bertz CT molecular complexity index is 897. The summed E-state index contributed by atoms with van der Waals surface area (Å²) >= 11 is 0. The van der Waals surface area contributed by atoms with E-state index >= 15 is 0 Å². The van der Waals surface area contributed by atoms with Crippen molar-refractivity contribution >= 4 is 11.7 Å². The number of amides is 1. The van der Waals surface area contributed by atoms with E-state index in [2.05, 4.69) is 0 Å². The fourth-order valence-electron chi connectivity index (χ4n) is 4.45. The van der Waals surface area contributed by atoms with Gasteiger partial charge < -0.3 is 10.0 Å². The molecule has 0 radical (unpaired) electrons. The zero-order valence-electron chi connectivity index (χ0n) is 17.1. The topological polar surface area (TPSA) is 40.5 Å². The molecule has 0 aliphatic carbocycles. The molecule has 29 heavy (non-hydrogen) atoms. The Morgan fingerprint density at radius 3 is 2.14 bits per heavy atom. The summed E-state index contributed by atoms with van der Waals surface area (Å²) < 4.78 is 28.1. The summed E-state index contributed by atoms with van der Waals surface area (Å²) in [7, 11) is 0. The lowest BCUT2D eigenvalue weighted by atomic mass is 9.68. The van der Waals surface area contributed by atoms with Gasteiger partial charge in [-0.15, -0.1) is 0 Å². The van der Waals surface area contributed by atoms with Crippen LogP contribution < -0.4 is 0 Å². The molecular formula is C24H27F2NO2.